The Morgan fingerprint density at radius 3 is 2.80 bits per heavy atom. The highest BCUT2D eigenvalue weighted by Gasteiger charge is 2.28. The van der Waals surface area contributed by atoms with Gasteiger partial charge in [0.1, 0.15) is 6.10 Å². The van der Waals surface area contributed by atoms with Crippen LogP contribution in [0.3, 0.4) is 0 Å². The molecule has 0 saturated carbocycles. The smallest absolute Gasteiger partial charge is 0.334 e. The Hall–Kier alpha value is -2.42. The Labute approximate surface area is 113 Å². The van der Waals surface area contributed by atoms with Gasteiger partial charge in [-0.15, -0.1) is 0 Å². The summed E-state index contributed by atoms with van der Waals surface area (Å²) in [7, 11) is 1.24. The van der Waals surface area contributed by atoms with Crippen LogP contribution in [0.4, 0.5) is 5.69 Å². The predicted octanol–water partition coefficient (Wildman–Crippen LogP) is 1.01. The van der Waals surface area contributed by atoms with E-state index in [9.17, 15) is 20.3 Å². The molecule has 2 atom stereocenters. The van der Waals surface area contributed by atoms with Crippen molar-refractivity contribution in [2.45, 2.75) is 19.1 Å². The van der Waals surface area contributed by atoms with Crippen molar-refractivity contribution in [1.82, 2.24) is 4.98 Å². The third-order valence-corrected chi connectivity index (χ3v) is 2.70. The van der Waals surface area contributed by atoms with Gasteiger partial charge in [0.2, 0.25) is 0 Å². The van der Waals surface area contributed by atoms with E-state index >= 15 is 0 Å². The van der Waals surface area contributed by atoms with Gasteiger partial charge in [-0.3, -0.25) is 10.1 Å². The van der Waals surface area contributed by atoms with Gasteiger partial charge >= 0.3 is 5.69 Å². The molecule has 0 spiro atoms. The van der Waals surface area contributed by atoms with Crippen molar-refractivity contribution in [3.8, 4) is 5.88 Å². The predicted molar refractivity (Wildman–Crippen MR) is 67.2 cm³/mol. The molecule has 20 heavy (non-hydrogen) atoms. The molecule has 10 nitrogen and oxygen atoms in total. The summed E-state index contributed by atoms with van der Waals surface area (Å²) >= 11 is 0. The molecule has 108 valence electrons. The molecule has 1 aromatic rings. The molecule has 0 radical (unpaired) electrons. The Bertz CT molecular complexity index is 557. The zero-order valence-corrected chi connectivity index (χ0v) is 10.8. The van der Waals surface area contributed by atoms with Crippen LogP contribution < -0.4 is 4.74 Å². The number of rotatable bonds is 6. The number of nitro groups is 1. The van der Waals surface area contributed by atoms with Crippen LogP contribution in [0.25, 0.3) is 10.4 Å². The summed E-state index contributed by atoms with van der Waals surface area (Å²) in [5.74, 6) is -0.187. The van der Waals surface area contributed by atoms with Crippen LogP contribution in [0.5, 0.6) is 5.88 Å². The molecule has 0 saturated heterocycles. The molecule has 0 fully saturated rings. The third-order valence-electron chi connectivity index (χ3n) is 2.70. The number of hydrogen-bond acceptors (Lipinski definition) is 7. The zero-order chi connectivity index (χ0) is 15.3. The average Bonchev–Trinajstić information content (AvgIpc) is 2.42. The van der Waals surface area contributed by atoms with E-state index in [2.05, 4.69) is 15.0 Å². The maximum absolute atomic E-state index is 11.0. The molecule has 2 unspecified atom stereocenters. The standard InChI is InChI=1S/C10H13N5O5/c1-5-6(9(17)7(16)4-13-14-11)3-12-10(20-2)8(5)15(18)19/h3,7,9,16-17H,4H2,1-2H3. The number of nitrogens with zero attached hydrogens (tertiary/aromatic N) is 5. The highest BCUT2D eigenvalue weighted by molar-refractivity contribution is 5.51. The van der Waals surface area contributed by atoms with E-state index in [4.69, 9.17) is 10.3 Å². The van der Waals surface area contributed by atoms with E-state index in [1.165, 1.54) is 20.2 Å². The lowest BCUT2D eigenvalue weighted by Gasteiger charge is -2.18. The van der Waals surface area contributed by atoms with Crippen LogP contribution in [-0.2, 0) is 0 Å². The van der Waals surface area contributed by atoms with Gasteiger partial charge in [0.15, 0.2) is 0 Å². The monoisotopic (exact) mass is 283 g/mol. The molecule has 0 bridgehead atoms. The second kappa shape index (κ2) is 6.66. The second-order valence-electron chi connectivity index (χ2n) is 3.88. The fourth-order valence-corrected chi connectivity index (χ4v) is 1.67. The van der Waals surface area contributed by atoms with Gasteiger partial charge in [0.05, 0.1) is 24.7 Å². The first kappa shape index (κ1) is 15.6. The summed E-state index contributed by atoms with van der Waals surface area (Å²) in [6.07, 6.45) is -1.68. The van der Waals surface area contributed by atoms with Gasteiger partial charge in [-0.25, -0.2) is 4.98 Å². The van der Waals surface area contributed by atoms with Gasteiger partial charge in [0.25, 0.3) is 5.88 Å². The van der Waals surface area contributed by atoms with Crippen LogP contribution in [0.15, 0.2) is 11.3 Å². The molecule has 0 aliphatic rings. The lowest BCUT2D eigenvalue weighted by atomic mass is 10.0. The summed E-state index contributed by atoms with van der Waals surface area (Å²) in [6.45, 7) is 1.04. The summed E-state index contributed by atoms with van der Waals surface area (Å²) in [5.41, 5.74) is 7.95. The minimum Gasteiger partial charge on any atom is -0.476 e. The number of ether oxygens (including phenoxy) is 1. The van der Waals surface area contributed by atoms with Crippen molar-refractivity contribution in [3.63, 3.8) is 0 Å². The zero-order valence-electron chi connectivity index (χ0n) is 10.8. The number of methoxy groups -OCH3 is 1. The SMILES string of the molecule is COc1ncc(C(O)C(O)CN=[N+]=[N-])c(C)c1[N+](=O)[O-]. The summed E-state index contributed by atoms with van der Waals surface area (Å²) < 4.78 is 4.78. The van der Waals surface area contributed by atoms with Crippen molar-refractivity contribution in [3.05, 3.63) is 37.9 Å². The molecule has 0 aliphatic heterocycles. The molecule has 1 heterocycles. The molecule has 1 aromatic heterocycles. The van der Waals surface area contributed by atoms with Crippen molar-refractivity contribution >= 4 is 5.69 Å². The topological polar surface area (TPSA) is 154 Å². The van der Waals surface area contributed by atoms with E-state index in [0.29, 0.717) is 0 Å². The quantitative estimate of drug-likeness (QED) is 0.261. The van der Waals surface area contributed by atoms with Gasteiger partial charge in [-0.1, -0.05) is 5.11 Å². The van der Waals surface area contributed by atoms with E-state index < -0.39 is 17.1 Å². The summed E-state index contributed by atoms with van der Waals surface area (Å²) in [4.78, 5) is 16.5. The number of azide groups is 1. The number of aromatic nitrogens is 1. The maximum atomic E-state index is 11.0. The minimum atomic E-state index is -1.46. The molecule has 0 aromatic carbocycles. The van der Waals surface area contributed by atoms with Crippen molar-refractivity contribution in [2.24, 2.45) is 5.11 Å². The molecule has 1 rings (SSSR count). The van der Waals surface area contributed by atoms with Crippen molar-refractivity contribution in [1.29, 1.82) is 0 Å². The van der Waals surface area contributed by atoms with Crippen LogP contribution in [0, 0.1) is 17.0 Å². The van der Waals surface area contributed by atoms with E-state index in [-0.39, 0.29) is 29.2 Å². The number of aliphatic hydroxyl groups excluding tert-OH is 2. The molecule has 0 amide bonds. The first-order chi connectivity index (χ1) is 9.43. The average molecular weight is 283 g/mol. The van der Waals surface area contributed by atoms with Crippen LogP contribution in [0.2, 0.25) is 0 Å². The van der Waals surface area contributed by atoms with E-state index in [1.54, 1.807) is 0 Å². The van der Waals surface area contributed by atoms with Crippen LogP contribution in [-0.4, -0.2) is 39.9 Å². The molecule has 2 N–H and O–H groups in total. The third kappa shape index (κ3) is 3.12. The van der Waals surface area contributed by atoms with Crippen LogP contribution in [0.1, 0.15) is 17.2 Å². The molecular weight excluding hydrogens is 270 g/mol. The number of aliphatic hydroxyl groups is 2. The van der Waals surface area contributed by atoms with Crippen molar-refractivity contribution in [2.75, 3.05) is 13.7 Å². The van der Waals surface area contributed by atoms with E-state index in [0.717, 1.165) is 0 Å². The second-order valence-corrected chi connectivity index (χ2v) is 3.88. The lowest BCUT2D eigenvalue weighted by Crippen LogP contribution is -2.22. The Morgan fingerprint density at radius 2 is 2.30 bits per heavy atom. The molecule has 10 heteroatoms. The summed E-state index contributed by atoms with van der Waals surface area (Å²) in [6, 6.07) is 0. The molecule has 0 aliphatic carbocycles. The van der Waals surface area contributed by atoms with Crippen molar-refractivity contribution < 1.29 is 19.9 Å². The van der Waals surface area contributed by atoms with Gasteiger partial charge in [-0.05, 0) is 12.5 Å². The van der Waals surface area contributed by atoms with Gasteiger partial charge < -0.3 is 14.9 Å². The maximum Gasteiger partial charge on any atom is 0.334 e. The minimum absolute atomic E-state index is 0.0677. The largest absolute Gasteiger partial charge is 0.476 e. The Balaban J connectivity index is 3.22. The summed E-state index contributed by atoms with van der Waals surface area (Å²) in [5, 5.41) is 33.7. The van der Waals surface area contributed by atoms with Gasteiger partial charge in [0, 0.05) is 22.2 Å². The Kier molecular flexibility index (Phi) is 5.21. The first-order valence-electron chi connectivity index (χ1n) is 5.48. The fraction of sp³-hybridized carbons (Fsp3) is 0.500. The Morgan fingerprint density at radius 1 is 1.65 bits per heavy atom. The normalized spacial score (nSPS) is 13.2. The highest BCUT2D eigenvalue weighted by atomic mass is 16.6. The number of hydrogen-bond donors (Lipinski definition) is 2. The lowest BCUT2D eigenvalue weighted by molar-refractivity contribution is -0.386. The molecular formula is C10H13N5O5. The number of pyridine rings is 1. The van der Waals surface area contributed by atoms with E-state index in [1.807, 2.05) is 0 Å². The highest BCUT2D eigenvalue weighted by Crippen LogP contribution is 2.33. The first-order valence-corrected chi connectivity index (χ1v) is 5.48. The van der Waals surface area contributed by atoms with Crippen LogP contribution >= 0.6 is 0 Å². The van der Waals surface area contributed by atoms with Gasteiger partial charge in [-0.2, -0.15) is 0 Å². The fourth-order valence-electron chi connectivity index (χ4n) is 1.67.